The molecular weight excluding hydrogens is 372 g/mol. The standard InChI is InChI=1S/C22H26N2O3S/c25-21(11-6-16-27-18-7-2-1-3-8-18)24-14-12-17(13-15-24)23-22(26)19-9-4-5-10-20(19)28/h1-5,7-10,17,28H,6,11-16H2,(H,23,26). The van der Waals surface area contributed by atoms with Gasteiger partial charge in [-0.15, -0.1) is 12.6 Å². The van der Waals surface area contributed by atoms with Crippen LogP contribution in [0.5, 0.6) is 5.75 Å². The second-order valence-electron chi connectivity index (χ2n) is 6.91. The van der Waals surface area contributed by atoms with Gasteiger partial charge in [-0.3, -0.25) is 9.59 Å². The molecule has 3 rings (SSSR count). The molecule has 0 unspecified atom stereocenters. The highest BCUT2D eigenvalue weighted by molar-refractivity contribution is 7.80. The van der Waals surface area contributed by atoms with Crippen LogP contribution in [0.1, 0.15) is 36.0 Å². The zero-order valence-electron chi connectivity index (χ0n) is 15.8. The van der Waals surface area contributed by atoms with Gasteiger partial charge in [0.1, 0.15) is 5.75 Å². The normalized spacial score (nSPS) is 14.5. The SMILES string of the molecule is O=C(NC1CCN(C(=O)CCCOc2ccccc2)CC1)c1ccccc1S. The van der Waals surface area contributed by atoms with E-state index >= 15 is 0 Å². The van der Waals surface area contributed by atoms with Crippen molar-refractivity contribution in [3.8, 4) is 5.75 Å². The van der Waals surface area contributed by atoms with Gasteiger partial charge in [-0.1, -0.05) is 30.3 Å². The van der Waals surface area contributed by atoms with E-state index in [1.165, 1.54) is 0 Å². The van der Waals surface area contributed by atoms with Gasteiger partial charge in [-0.05, 0) is 43.5 Å². The first kappa shape index (κ1) is 20.3. The molecule has 1 fully saturated rings. The lowest BCUT2D eigenvalue weighted by molar-refractivity contribution is -0.132. The van der Waals surface area contributed by atoms with Gasteiger partial charge in [0.25, 0.3) is 5.91 Å². The lowest BCUT2D eigenvalue weighted by atomic mass is 10.0. The molecule has 1 heterocycles. The molecule has 2 amide bonds. The van der Waals surface area contributed by atoms with Crippen LogP contribution in [-0.2, 0) is 4.79 Å². The van der Waals surface area contributed by atoms with Crippen molar-refractivity contribution >= 4 is 24.4 Å². The Labute approximate surface area is 171 Å². The number of ether oxygens (including phenoxy) is 1. The van der Waals surface area contributed by atoms with E-state index in [-0.39, 0.29) is 17.9 Å². The highest BCUT2D eigenvalue weighted by atomic mass is 32.1. The summed E-state index contributed by atoms with van der Waals surface area (Å²) in [5.74, 6) is 0.880. The molecule has 5 nitrogen and oxygen atoms in total. The second-order valence-corrected chi connectivity index (χ2v) is 7.39. The van der Waals surface area contributed by atoms with Gasteiger partial charge in [0.05, 0.1) is 12.2 Å². The number of hydrogen-bond donors (Lipinski definition) is 2. The van der Waals surface area contributed by atoms with Gasteiger partial charge in [-0.2, -0.15) is 0 Å². The van der Waals surface area contributed by atoms with Crippen molar-refractivity contribution in [1.82, 2.24) is 10.2 Å². The number of benzene rings is 2. The number of carbonyl (C=O) groups is 2. The number of para-hydroxylation sites is 1. The Morgan fingerprint density at radius 2 is 1.71 bits per heavy atom. The van der Waals surface area contributed by atoms with Crippen molar-refractivity contribution in [3.63, 3.8) is 0 Å². The molecule has 2 aromatic rings. The van der Waals surface area contributed by atoms with Crippen molar-refractivity contribution in [1.29, 1.82) is 0 Å². The summed E-state index contributed by atoms with van der Waals surface area (Å²) < 4.78 is 5.63. The molecule has 148 valence electrons. The smallest absolute Gasteiger partial charge is 0.252 e. The molecule has 0 bridgehead atoms. The van der Waals surface area contributed by atoms with E-state index in [0.29, 0.717) is 43.0 Å². The summed E-state index contributed by atoms with van der Waals surface area (Å²) in [5, 5.41) is 3.06. The van der Waals surface area contributed by atoms with E-state index in [1.807, 2.05) is 47.4 Å². The molecule has 0 spiro atoms. The average molecular weight is 399 g/mol. The average Bonchev–Trinajstić information content (AvgIpc) is 2.72. The minimum Gasteiger partial charge on any atom is -0.494 e. The lowest BCUT2D eigenvalue weighted by Crippen LogP contribution is -2.46. The van der Waals surface area contributed by atoms with Crippen LogP contribution in [0.15, 0.2) is 59.5 Å². The zero-order chi connectivity index (χ0) is 19.8. The fraction of sp³-hybridized carbons (Fsp3) is 0.364. The Balaban J connectivity index is 1.36. The fourth-order valence-electron chi connectivity index (χ4n) is 3.29. The maximum absolute atomic E-state index is 12.4. The molecule has 0 aliphatic carbocycles. The number of amides is 2. The predicted molar refractivity (Wildman–Crippen MR) is 112 cm³/mol. The number of nitrogens with one attached hydrogen (secondary N) is 1. The van der Waals surface area contributed by atoms with E-state index < -0.39 is 0 Å². The minimum absolute atomic E-state index is 0.0888. The van der Waals surface area contributed by atoms with Gasteiger partial charge < -0.3 is 15.0 Å². The summed E-state index contributed by atoms with van der Waals surface area (Å²) >= 11 is 4.34. The van der Waals surface area contributed by atoms with Crippen molar-refractivity contribution in [2.24, 2.45) is 0 Å². The molecular formula is C22H26N2O3S. The molecule has 28 heavy (non-hydrogen) atoms. The third-order valence-electron chi connectivity index (χ3n) is 4.88. The fourth-order valence-corrected chi connectivity index (χ4v) is 3.55. The van der Waals surface area contributed by atoms with E-state index in [2.05, 4.69) is 17.9 Å². The quantitative estimate of drug-likeness (QED) is 0.554. The Morgan fingerprint density at radius 3 is 2.43 bits per heavy atom. The first-order valence-corrected chi connectivity index (χ1v) is 10.1. The summed E-state index contributed by atoms with van der Waals surface area (Å²) in [7, 11) is 0. The van der Waals surface area contributed by atoms with E-state index in [0.717, 1.165) is 18.6 Å². The van der Waals surface area contributed by atoms with Crippen molar-refractivity contribution in [3.05, 3.63) is 60.2 Å². The molecule has 1 saturated heterocycles. The van der Waals surface area contributed by atoms with Gasteiger partial charge in [0, 0.05) is 30.4 Å². The summed E-state index contributed by atoms with van der Waals surface area (Å²) in [6.07, 6.45) is 2.72. The molecule has 1 aliphatic rings. The van der Waals surface area contributed by atoms with Crippen LogP contribution in [0, 0.1) is 0 Å². The number of likely N-dealkylation sites (tertiary alicyclic amines) is 1. The Hall–Kier alpha value is -2.47. The van der Waals surface area contributed by atoms with Gasteiger partial charge in [0.15, 0.2) is 0 Å². The molecule has 1 aliphatic heterocycles. The molecule has 0 radical (unpaired) electrons. The number of piperidine rings is 1. The molecule has 0 aromatic heterocycles. The van der Waals surface area contributed by atoms with Crippen LogP contribution in [0.2, 0.25) is 0 Å². The number of rotatable bonds is 7. The molecule has 0 atom stereocenters. The summed E-state index contributed by atoms with van der Waals surface area (Å²) in [6, 6.07) is 17.0. The maximum Gasteiger partial charge on any atom is 0.252 e. The lowest BCUT2D eigenvalue weighted by Gasteiger charge is -2.32. The Kier molecular flexibility index (Phi) is 7.37. The van der Waals surface area contributed by atoms with Gasteiger partial charge >= 0.3 is 0 Å². The van der Waals surface area contributed by atoms with Gasteiger partial charge in [0.2, 0.25) is 5.91 Å². The van der Waals surface area contributed by atoms with E-state index in [1.54, 1.807) is 12.1 Å². The van der Waals surface area contributed by atoms with Gasteiger partial charge in [-0.25, -0.2) is 0 Å². The largest absolute Gasteiger partial charge is 0.494 e. The van der Waals surface area contributed by atoms with Crippen molar-refractivity contribution in [2.75, 3.05) is 19.7 Å². The van der Waals surface area contributed by atoms with Crippen molar-refractivity contribution in [2.45, 2.75) is 36.6 Å². The van der Waals surface area contributed by atoms with Crippen LogP contribution < -0.4 is 10.1 Å². The second kappa shape index (κ2) is 10.2. The van der Waals surface area contributed by atoms with E-state index in [4.69, 9.17) is 4.74 Å². The third-order valence-corrected chi connectivity index (χ3v) is 5.27. The molecule has 1 N–H and O–H groups in total. The summed E-state index contributed by atoms with van der Waals surface area (Å²) in [6.45, 7) is 1.88. The van der Waals surface area contributed by atoms with Crippen molar-refractivity contribution < 1.29 is 14.3 Å². The summed E-state index contributed by atoms with van der Waals surface area (Å²) in [4.78, 5) is 27.3. The first-order chi connectivity index (χ1) is 13.6. The van der Waals surface area contributed by atoms with Crippen LogP contribution in [0.25, 0.3) is 0 Å². The highest BCUT2D eigenvalue weighted by Crippen LogP contribution is 2.16. The Morgan fingerprint density at radius 1 is 1.04 bits per heavy atom. The van der Waals surface area contributed by atoms with Crippen LogP contribution >= 0.6 is 12.6 Å². The maximum atomic E-state index is 12.4. The number of nitrogens with zero attached hydrogens (tertiary/aromatic N) is 1. The Bertz CT molecular complexity index is 789. The summed E-state index contributed by atoms with van der Waals surface area (Å²) in [5.41, 5.74) is 0.586. The highest BCUT2D eigenvalue weighted by Gasteiger charge is 2.24. The van der Waals surface area contributed by atoms with Crippen LogP contribution in [-0.4, -0.2) is 42.5 Å². The van der Waals surface area contributed by atoms with Crippen LogP contribution in [0.4, 0.5) is 0 Å². The molecule has 0 saturated carbocycles. The predicted octanol–water partition coefficient (Wildman–Crippen LogP) is 3.56. The molecule has 2 aromatic carbocycles. The number of hydrogen-bond acceptors (Lipinski definition) is 4. The molecule has 6 heteroatoms. The number of carbonyl (C=O) groups excluding carboxylic acids is 2. The minimum atomic E-state index is -0.103. The zero-order valence-corrected chi connectivity index (χ0v) is 16.7. The number of thiol groups is 1. The topological polar surface area (TPSA) is 58.6 Å². The van der Waals surface area contributed by atoms with Crippen LogP contribution in [0.3, 0.4) is 0 Å². The first-order valence-electron chi connectivity index (χ1n) is 9.68. The third kappa shape index (κ3) is 5.76. The monoisotopic (exact) mass is 398 g/mol. The van der Waals surface area contributed by atoms with E-state index in [9.17, 15) is 9.59 Å².